The van der Waals surface area contributed by atoms with Crippen molar-refractivity contribution in [3.63, 3.8) is 0 Å². The van der Waals surface area contributed by atoms with Crippen LogP contribution in [-0.2, 0) is 0 Å². The number of nitrogens with zero attached hydrogens (tertiary/aromatic N) is 1. The molecule has 1 nitrogen and oxygen atoms in total. The first-order valence-corrected chi connectivity index (χ1v) is 7.12. The van der Waals surface area contributed by atoms with E-state index in [4.69, 9.17) is 0 Å². The van der Waals surface area contributed by atoms with Gasteiger partial charge < -0.3 is 4.90 Å². The van der Waals surface area contributed by atoms with E-state index in [1.807, 2.05) is 0 Å². The number of thiol groups is 1. The minimum absolute atomic E-state index is 0.445. The Morgan fingerprint density at radius 3 is 2.13 bits per heavy atom. The van der Waals surface area contributed by atoms with Crippen LogP contribution in [0, 0.1) is 5.41 Å². The molecular formula is C13H27NS. The third-order valence-corrected chi connectivity index (χ3v) is 5.04. The lowest BCUT2D eigenvalue weighted by Gasteiger charge is -2.37. The largest absolute Gasteiger partial charge is 0.303 e. The van der Waals surface area contributed by atoms with Crippen LogP contribution in [0.3, 0.4) is 0 Å². The van der Waals surface area contributed by atoms with E-state index in [9.17, 15) is 0 Å². The predicted octanol–water partition coefficient (Wildman–Crippen LogP) is 3.60. The Bertz CT molecular complexity index is 163. The van der Waals surface area contributed by atoms with Crippen LogP contribution in [0.5, 0.6) is 0 Å². The lowest BCUT2D eigenvalue weighted by molar-refractivity contribution is 0.144. The summed E-state index contributed by atoms with van der Waals surface area (Å²) >= 11 is 4.55. The number of hydrogen-bond acceptors (Lipinski definition) is 2. The minimum atomic E-state index is 0.445. The van der Waals surface area contributed by atoms with Gasteiger partial charge in [0.2, 0.25) is 0 Å². The first-order chi connectivity index (χ1) is 7.17. The van der Waals surface area contributed by atoms with Gasteiger partial charge >= 0.3 is 0 Å². The Balaban J connectivity index is 2.49. The summed E-state index contributed by atoms with van der Waals surface area (Å²) in [6.07, 6.45) is 8.19. The minimum Gasteiger partial charge on any atom is -0.303 e. The third-order valence-electron chi connectivity index (χ3n) is 4.37. The van der Waals surface area contributed by atoms with Crippen molar-refractivity contribution in [2.75, 3.05) is 19.3 Å². The molecule has 0 bridgehead atoms. The van der Waals surface area contributed by atoms with Crippen LogP contribution in [0.4, 0.5) is 0 Å². The highest BCUT2D eigenvalue weighted by Gasteiger charge is 2.29. The highest BCUT2D eigenvalue weighted by atomic mass is 32.1. The maximum atomic E-state index is 4.55. The van der Waals surface area contributed by atoms with E-state index >= 15 is 0 Å². The summed E-state index contributed by atoms with van der Waals surface area (Å²) in [7, 11) is 2.31. The van der Waals surface area contributed by atoms with Crippen molar-refractivity contribution in [3.05, 3.63) is 0 Å². The summed E-state index contributed by atoms with van der Waals surface area (Å²) in [6.45, 7) is 5.85. The van der Waals surface area contributed by atoms with Crippen molar-refractivity contribution in [2.24, 2.45) is 5.41 Å². The Morgan fingerprint density at radius 2 is 1.73 bits per heavy atom. The molecule has 0 aliphatic heterocycles. The van der Waals surface area contributed by atoms with Gasteiger partial charge in [-0.2, -0.15) is 12.6 Å². The molecule has 0 spiro atoms. The van der Waals surface area contributed by atoms with E-state index in [1.54, 1.807) is 0 Å². The normalized spacial score (nSPS) is 19.0. The van der Waals surface area contributed by atoms with Crippen molar-refractivity contribution < 1.29 is 0 Å². The van der Waals surface area contributed by atoms with Gasteiger partial charge in [0.15, 0.2) is 0 Å². The lowest BCUT2D eigenvalue weighted by Crippen LogP contribution is -2.40. The van der Waals surface area contributed by atoms with Gasteiger partial charge in [-0.15, -0.1) is 0 Å². The van der Waals surface area contributed by atoms with Crippen LogP contribution in [0.2, 0.25) is 0 Å². The summed E-state index contributed by atoms with van der Waals surface area (Å²) in [5, 5.41) is 0. The maximum Gasteiger partial charge on any atom is 0.00924 e. The predicted molar refractivity (Wildman–Crippen MR) is 71.8 cm³/mol. The molecule has 0 unspecified atom stereocenters. The fourth-order valence-electron chi connectivity index (χ4n) is 2.75. The zero-order valence-corrected chi connectivity index (χ0v) is 11.5. The molecule has 1 fully saturated rings. The van der Waals surface area contributed by atoms with E-state index in [0.717, 1.165) is 11.8 Å². The maximum absolute atomic E-state index is 4.55. The zero-order valence-electron chi connectivity index (χ0n) is 10.6. The van der Waals surface area contributed by atoms with Crippen LogP contribution in [0.1, 0.15) is 52.4 Å². The molecule has 0 atom stereocenters. The molecule has 0 radical (unpaired) electrons. The molecule has 90 valence electrons. The topological polar surface area (TPSA) is 3.24 Å². The standard InChI is InChI=1S/C13H27NS/c1-4-13(5-2,11-15)10-14(3)12-8-6-7-9-12/h12,15H,4-11H2,1-3H3. The van der Waals surface area contributed by atoms with Crippen molar-refractivity contribution in [3.8, 4) is 0 Å². The van der Waals surface area contributed by atoms with Gasteiger partial charge in [0.1, 0.15) is 0 Å². The second-order valence-electron chi connectivity index (χ2n) is 5.22. The van der Waals surface area contributed by atoms with E-state index in [2.05, 4.69) is 38.4 Å². The fraction of sp³-hybridized carbons (Fsp3) is 1.00. The average molecular weight is 229 g/mol. The van der Waals surface area contributed by atoms with Gasteiger partial charge in [-0.1, -0.05) is 26.7 Å². The molecule has 2 heteroatoms. The van der Waals surface area contributed by atoms with Gasteiger partial charge in [-0.3, -0.25) is 0 Å². The summed E-state index contributed by atoms with van der Waals surface area (Å²) in [5.41, 5.74) is 0.445. The Labute approximate surface area is 101 Å². The molecule has 1 saturated carbocycles. The number of hydrogen-bond donors (Lipinski definition) is 1. The number of rotatable bonds is 6. The quantitative estimate of drug-likeness (QED) is 0.681. The monoisotopic (exact) mass is 229 g/mol. The molecule has 0 aromatic heterocycles. The molecule has 1 rings (SSSR count). The third kappa shape index (κ3) is 3.39. The van der Waals surface area contributed by atoms with Gasteiger partial charge in [-0.25, -0.2) is 0 Å². The molecule has 0 aromatic rings. The van der Waals surface area contributed by atoms with E-state index < -0.39 is 0 Å². The molecule has 0 saturated heterocycles. The molecule has 0 heterocycles. The smallest absolute Gasteiger partial charge is 0.00924 e. The highest BCUT2D eigenvalue weighted by Crippen LogP contribution is 2.31. The van der Waals surface area contributed by atoms with Crippen molar-refractivity contribution in [1.82, 2.24) is 4.90 Å². The van der Waals surface area contributed by atoms with E-state index in [-0.39, 0.29) is 0 Å². The van der Waals surface area contributed by atoms with Gasteiger partial charge in [0.05, 0.1) is 0 Å². The van der Waals surface area contributed by atoms with Gasteiger partial charge in [-0.05, 0) is 43.9 Å². The summed E-state index contributed by atoms with van der Waals surface area (Å²) < 4.78 is 0. The molecule has 1 aliphatic rings. The first kappa shape index (κ1) is 13.4. The lowest BCUT2D eigenvalue weighted by atomic mass is 9.83. The average Bonchev–Trinajstić information content (AvgIpc) is 2.79. The molecule has 0 aromatic carbocycles. The molecule has 0 N–H and O–H groups in total. The SMILES string of the molecule is CCC(CC)(CS)CN(C)C1CCCC1. The summed E-state index contributed by atoms with van der Waals surface area (Å²) in [5.74, 6) is 1.02. The second kappa shape index (κ2) is 6.15. The van der Waals surface area contributed by atoms with Gasteiger partial charge in [0, 0.05) is 12.6 Å². The van der Waals surface area contributed by atoms with Crippen LogP contribution >= 0.6 is 12.6 Å². The van der Waals surface area contributed by atoms with E-state index in [0.29, 0.717) is 5.41 Å². The Hall–Kier alpha value is 0.310. The van der Waals surface area contributed by atoms with E-state index in [1.165, 1.54) is 45.1 Å². The van der Waals surface area contributed by atoms with Gasteiger partial charge in [0.25, 0.3) is 0 Å². The Kier molecular flexibility index (Phi) is 5.48. The summed E-state index contributed by atoms with van der Waals surface area (Å²) in [4.78, 5) is 2.59. The van der Waals surface area contributed by atoms with Crippen molar-refractivity contribution in [2.45, 2.75) is 58.4 Å². The van der Waals surface area contributed by atoms with Crippen LogP contribution in [0.25, 0.3) is 0 Å². The molecule has 0 amide bonds. The zero-order chi connectivity index (χ0) is 11.3. The van der Waals surface area contributed by atoms with Crippen molar-refractivity contribution >= 4 is 12.6 Å². The summed E-state index contributed by atoms with van der Waals surface area (Å²) in [6, 6.07) is 0.849. The molecule has 15 heavy (non-hydrogen) atoms. The van der Waals surface area contributed by atoms with Crippen LogP contribution < -0.4 is 0 Å². The van der Waals surface area contributed by atoms with Crippen LogP contribution in [0.15, 0.2) is 0 Å². The van der Waals surface area contributed by atoms with Crippen molar-refractivity contribution in [1.29, 1.82) is 0 Å². The fourth-order valence-corrected chi connectivity index (χ4v) is 3.30. The second-order valence-corrected chi connectivity index (χ2v) is 5.53. The highest BCUT2D eigenvalue weighted by molar-refractivity contribution is 7.80. The molecule has 1 aliphatic carbocycles. The first-order valence-electron chi connectivity index (χ1n) is 6.48. The Morgan fingerprint density at radius 1 is 1.20 bits per heavy atom. The molecular weight excluding hydrogens is 202 g/mol. The van der Waals surface area contributed by atoms with Crippen LogP contribution in [-0.4, -0.2) is 30.3 Å².